The predicted molar refractivity (Wildman–Crippen MR) is 111 cm³/mol. The van der Waals surface area contributed by atoms with Gasteiger partial charge in [0.2, 0.25) is 0 Å². The van der Waals surface area contributed by atoms with E-state index in [2.05, 4.69) is 9.98 Å². The topological polar surface area (TPSA) is 73.6 Å². The first-order valence-electron chi connectivity index (χ1n) is 9.34. The van der Waals surface area contributed by atoms with Crippen molar-refractivity contribution in [3.8, 4) is 0 Å². The molecule has 0 aliphatic carbocycles. The fourth-order valence-corrected chi connectivity index (χ4v) is 4.41. The third-order valence-electron chi connectivity index (χ3n) is 4.71. The SMILES string of the molecule is CCOC(=O)C1=C(C)N=c2s/c(=C\c3ccncc3)c(=O)n2[C@H]1c1ccc(F)cc1. The lowest BCUT2D eigenvalue weighted by atomic mass is 9.96. The fraction of sp³-hybridized carbons (Fsp3) is 0.182. The van der Waals surface area contributed by atoms with E-state index in [0.717, 1.165) is 5.56 Å². The molecule has 0 saturated carbocycles. The Hall–Kier alpha value is -3.39. The van der Waals surface area contributed by atoms with Crippen molar-refractivity contribution in [1.82, 2.24) is 9.55 Å². The molecule has 30 heavy (non-hydrogen) atoms. The second kappa shape index (κ2) is 8.16. The number of nitrogens with zero attached hydrogens (tertiary/aromatic N) is 3. The number of allylic oxidation sites excluding steroid dienone is 1. The molecule has 0 saturated heterocycles. The van der Waals surface area contributed by atoms with Gasteiger partial charge < -0.3 is 4.74 Å². The van der Waals surface area contributed by atoms with E-state index in [1.165, 1.54) is 28.0 Å². The molecule has 0 bridgehead atoms. The molecule has 3 aromatic rings. The summed E-state index contributed by atoms with van der Waals surface area (Å²) in [6, 6.07) is 8.59. The van der Waals surface area contributed by atoms with Crippen LogP contribution in [0.3, 0.4) is 0 Å². The molecular formula is C22H18FN3O3S. The molecule has 3 heterocycles. The monoisotopic (exact) mass is 423 g/mol. The number of thiazole rings is 1. The summed E-state index contributed by atoms with van der Waals surface area (Å²) in [7, 11) is 0. The number of aromatic nitrogens is 2. The predicted octanol–water partition coefficient (Wildman–Crippen LogP) is 2.33. The van der Waals surface area contributed by atoms with Gasteiger partial charge in [-0.1, -0.05) is 23.5 Å². The van der Waals surface area contributed by atoms with Crippen LogP contribution in [0.25, 0.3) is 6.08 Å². The molecule has 1 aliphatic rings. The Morgan fingerprint density at radius 1 is 1.23 bits per heavy atom. The Morgan fingerprint density at radius 2 is 1.93 bits per heavy atom. The first-order valence-corrected chi connectivity index (χ1v) is 10.2. The van der Waals surface area contributed by atoms with Crippen molar-refractivity contribution in [2.24, 2.45) is 4.99 Å². The summed E-state index contributed by atoms with van der Waals surface area (Å²) in [6.45, 7) is 3.62. The summed E-state index contributed by atoms with van der Waals surface area (Å²) in [4.78, 5) is 35.0. The van der Waals surface area contributed by atoms with Gasteiger partial charge in [-0.3, -0.25) is 14.3 Å². The first kappa shape index (κ1) is 19.9. The summed E-state index contributed by atoms with van der Waals surface area (Å²) < 4.78 is 20.7. The van der Waals surface area contributed by atoms with E-state index in [1.54, 1.807) is 56.6 Å². The van der Waals surface area contributed by atoms with Crippen LogP contribution in [-0.2, 0) is 9.53 Å². The zero-order valence-corrected chi connectivity index (χ0v) is 17.1. The molecule has 0 spiro atoms. The van der Waals surface area contributed by atoms with Gasteiger partial charge in [-0.05, 0) is 55.3 Å². The lowest BCUT2D eigenvalue weighted by Gasteiger charge is -2.24. The number of hydrogen-bond acceptors (Lipinski definition) is 6. The van der Waals surface area contributed by atoms with E-state index in [4.69, 9.17) is 4.74 Å². The van der Waals surface area contributed by atoms with Crippen LogP contribution in [0.4, 0.5) is 4.39 Å². The van der Waals surface area contributed by atoms with Crippen LogP contribution in [0.2, 0.25) is 0 Å². The average Bonchev–Trinajstić information content (AvgIpc) is 3.03. The minimum atomic E-state index is -0.750. The number of rotatable bonds is 4. The number of esters is 1. The van der Waals surface area contributed by atoms with Crippen molar-refractivity contribution in [1.29, 1.82) is 0 Å². The summed E-state index contributed by atoms with van der Waals surface area (Å²) in [6.07, 6.45) is 5.05. The summed E-state index contributed by atoms with van der Waals surface area (Å²) in [5, 5.41) is 0. The minimum Gasteiger partial charge on any atom is -0.463 e. The third kappa shape index (κ3) is 3.61. The number of fused-ring (bicyclic) bond motifs is 1. The number of ether oxygens (including phenoxy) is 1. The highest BCUT2D eigenvalue weighted by Gasteiger charge is 2.33. The van der Waals surface area contributed by atoms with Gasteiger partial charge in [0.05, 0.1) is 28.5 Å². The first-order chi connectivity index (χ1) is 14.5. The van der Waals surface area contributed by atoms with Crippen molar-refractivity contribution in [3.63, 3.8) is 0 Å². The van der Waals surface area contributed by atoms with E-state index in [9.17, 15) is 14.0 Å². The molecule has 0 N–H and O–H groups in total. The van der Waals surface area contributed by atoms with E-state index in [1.807, 2.05) is 0 Å². The highest BCUT2D eigenvalue weighted by molar-refractivity contribution is 7.07. The van der Waals surface area contributed by atoms with Crippen LogP contribution in [-0.4, -0.2) is 22.1 Å². The van der Waals surface area contributed by atoms with Crippen molar-refractivity contribution in [3.05, 3.63) is 96.7 Å². The second-order valence-electron chi connectivity index (χ2n) is 6.63. The summed E-state index contributed by atoms with van der Waals surface area (Å²) in [5.41, 5.74) is 1.89. The van der Waals surface area contributed by atoms with Crippen LogP contribution in [0.1, 0.15) is 31.0 Å². The summed E-state index contributed by atoms with van der Waals surface area (Å²) >= 11 is 1.24. The third-order valence-corrected chi connectivity index (χ3v) is 5.69. The molecule has 6 nitrogen and oxygen atoms in total. The smallest absolute Gasteiger partial charge is 0.338 e. The molecule has 0 fully saturated rings. The maximum atomic E-state index is 13.5. The van der Waals surface area contributed by atoms with Crippen LogP contribution >= 0.6 is 11.3 Å². The van der Waals surface area contributed by atoms with Gasteiger partial charge in [0.1, 0.15) is 5.82 Å². The van der Waals surface area contributed by atoms with E-state index in [0.29, 0.717) is 20.6 Å². The zero-order valence-electron chi connectivity index (χ0n) is 16.3. The highest BCUT2D eigenvalue weighted by Crippen LogP contribution is 2.30. The van der Waals surface area contributed by atoms with Gasteiger partial charge in [-0.25, -0.2) is 14.2 Å². The highest BCUT2D eigenvalue weighted by atomic mass is 32.1. The van der Waals surface area contributed by atoms with Crippen LogP contribution in [0, 0.1) is 5.82 Å². The standard InChI is InChI=1S/C22H18FN3O3S/c1-3-29-21(28)18-13(2)25-22-26(19(18)15-4-6-16(23)7-5-15)20(27)17(30-22)12-14-8-10-24-11-9-14/h4-12,19H,3H2,1-2H3/b17-12-/t19-/m0/s1. The number of hydrogen-bond donors (Lipinski definition) is 0. The zero-order chi connectivity index (χ0) is 21.3. The van der Waals surface area contributed by atoms with Gasteiger partial charge in [0, 0.05) is 12.4 Å². The molecule has 1 aromatic carbocycles. The second-order valence-corrected chi connectivity index (χ2v) is 7.64. The maximum absolute atomic E-state index is 13.5. The number of pyridine rings is 1. The van der Waals surface area contributed by atoms with Crippen LogP contribution < -0.4 is 14.9 Å². The molecule has 1 atom stereocenters. The largest absolute Gasteiger partial charge is 0.463 e. The van der Waals surface area contributed by atoms with E-state index in [-0.39, 0.29) is 17.7 Å². The molecule has 152 valence electrons. The lowest BCUT2D eigenvalue weighted by Crippen LogP contribution is -2.39. The van der Waals surface area contributed by atoms with Crippen molar-refractivity contribution in [2.75, 3.05) is 6.61 Å². The van der Waals surface area contributed by atoms with Gasteiger partial charge in [-0.15, -0.1) is 0 Å². The molecule has 8 heteroatoms. The quantitative estimate of drug-likeness (QED) is 0.604. The minimum absolute atomic E-state index is 0.193. The Morgan fingerprint density at radius 3 is 2.60 bits per heavy atom. The number of carbonyl (C=O) groups excluding carboxylic acids is 1. The van der Waals surface area contributed by atoms with Crippen LogP contribution in [0.5, 0.6) is 0 Å². The maximum Gasteiger partial charge on any atom is 0.338 e. The van der Waals surface area contributed by atoms with Crippen molar-refractivity contribution < 1.29 is 13.9 Å². The molecular weight excluding hydrogens is 405 g/mol. The molecule has 0 radical (unpaired) electrons. The fourth-order valence-electron chi connectivity index (χ4n) is 3.36. The van der Waals surface area contributed by atoms with Crippen molar-refractivity contribution >= 4 is 23.4 Å². The number of benzene rings is 1. The van der Waals surface area contributed by atoms with Gasteiger partial charge in [0.25, 0.3) is 5.56 Å². The Bertz CT molecular complexity index is 1310. The Kier molecular flexibility index (Phi) is 5.41. The number of halogens is 1. The summed E-state index contributed by atoms with van der Waals surface area (Å²) in [5.74, 6) is -0.946. The Labute approximate surface area is 175 Å². The normalized spacial score (nSPS) is 16.2. The van der Waals surface area contributed by atoms with Crippen LogP contribution in [0.15, 0.2) is 69.8 Å². The molecule has 0 unspecified atom stereocenters. The van der Waals surface area contributed by atoms with E-state index < -0.39 is 17.8 Å². The molecule has 2 aromatic heterocycles. The van der Waals surface area contributed by atoms with Gasteiger partial charge in [-0.2, -0.15) is 0 Å². The number of carbonyl (C=O) groups is 1. The molecule has 4 rings (SSSR count). The Balaban J connectivity index is 1.96. The van der Waals surface area contributed by atoms with Crippen molar-refractivity contribution in [2.45, 2.75) is 19.9 Å². The average molecular weight is 423 g/mol. The van der Waals surface area contributed by atoms with Gasteiger partial charge >= 0.3 is 5.97 Å². The molecule has 1 aliphatic heterocycles. The molecule has 0 amide bonds. The van der Waals surface area contributed by atoms with Gasteiger partial charge in [0.15, 0.2) is 4.80 Å². The van der Waals surface area contributed by atoms with E-state index >= 15 is 0 Å². The lowest BCUT2D eigenvalue weighted by molar-refractivity contribution is -0.139.